The topological polar surface area (TPSA) is 42.2 Å². The maximum Gasteiger partial charge on any atom is 0.232 e. The summed E-state index contributed by atoms with van der Waals surface area (Å²) in [6.07, 6.45) is 0. The molecule has 1 saturated heterocycles. The lowest BCUT2D eigenvalue weighted by atomic mass is 9.99. The standard InChI is InChI=1S/C13H13BrFN3O/c1-8-16-13(19-17-8)10-6-18(7-10)5-9-4-11(14)2-3-12(9)15/h2-4,10H,5-7H2,1H3. The summed E-state index contributed by atoms with van der Waals surface area (Å²) in [7, 11) is 0. The molecule has 0 atom stereocenters. The van der Waals surface area contributed by atoms with E-state index in [0.29, 0.717) is 23.8 Å². The molecule has 0 radical (unpaired) electrons. The lowest BCUT2D eigenvalue weighted by Crippen LogP contribution is -2.44. The van der Waals surface area contributed by atoms with E-state index in [4.69, 9.17) is 4.52 Å². The second-order valence-electron chi connectivity index (χ2n) is 4.81. The fraction of sp³-hybridized carbons (Fsp3) is 0.385. The van der Waals surface area contributed by atoms with Crippen LogP contribution in [0.25, 0.3) is 0 Å². The number of halogens is 2. The molecule has 2 heterocycles. The summed E-state index contributed by atoms with van der Waals surface area (Å²) >= 11 is 3.36. The number of aromatic nitrogens is 2. The lowest BCUT2D eigenvalue weighted by Gasteiger charge is -2.37. The first-order valence-electron chi connectivity index (χ1n) is 6.08. The van der Waals surface area contributed by atoms with Crippen LogP contribution in [0.15, 0.2) is 27.2 Å². The Morgan fingerprint density at radius 1 is 1.47 bits per heavy atom. The minimum absolute atomic E-state index is 0.166. The van der Waals surface area contributed by atoms with Gasteiger partial charge in [0.05, 0.1) is 5.92 Å². The maximum absolute atomic E-state index is 13.6. The van der Waals surface area contributed by atoms with Gasteiger partial charge in [0.15, 0.2) is 5.82 Å². The maximum atomic E-state index is 13.6. The number of benzene rings is 1. The van der Waals surface area contributed by atoms with E-state index >= 15 is 0 Å². The van der Waals surface area contributed by atoms with Gasteiger partial charge in [0, 0.05) is 29.7 Å². The van der Waals surface area contributed by atoms with Gasteiger partial charge >= 0.3 is 0 Å². The van der Waals surface area contributed by atoms with Gasteiger partial charge in [-0.25, -0.2) is 4.39 Å². The fourth-order valence-electron chi connectivity index (χ4n) is 2.24. The van der Waals surface area contributed by atoms with Gasteiger partial charge in [-0.15, -0.1) is 0 Å². The first kappa shape index (κ1) is 12.7. The van der Waals surface area contributed by atoms with Gasteiger partial charge in [0.25, 0.3) is 0 Å². The summed E-state index contributed by atoms with van der Waals surface area (Å²) in [5.41, 5.74) is 0.703. The highest BCUT2D eigenvalue weighted by atomic mass is 79.9. The first-order chi connectivity index (χ1) is 9.11. The first-order valence-corrected chi connectivity index (χ1v) is 6.87. The molecule has 2 aromatic rings. The Morgan fingerprint density at radius 3 is 2.95 bits per heavy atom. The van der Waals surface area contributed by atoms with Crippen molar-refractivity contribution in [3.05, 3.63) is 45.8 Å². The van der Waals surface area contributed by atoms with Crippen LogP contribution >= 0.6 is 15.9 Å². The molecule has 0 saturated carbocycles. The molecule has 0 N–H and O–H groups in total. The molecule has 19 heavy (non-hydrogen) atoms. The Hall–Kier alpha value is -1.27. The Bertz CT molecular complexity index is 595. The largest absolute Gasteiger partial charge is 0.339 e. The molecule has 100 valence electrons. The molecule has 1 fully saturated rings. The highest BCUT2D eigenvalue weighted by molar-refractivity contribution is 9.10. The van der Waals surface area contributed by atoms with Crippen LogP contribution in [0.5, 0.6) is 0 Å². The number of nitrogens with zero attached hydrogens (tertiary/aromatic N) is 3. The molecule has 6 heteroatoms. The Balaban J connectivity index is 1.61. The summed E-state index contributed by atoms with van der Waals surface area (Å²) in [5, 5.41) is 3.78. The van der Waals surface area contributed by atoms with Crippen LogP contribution < -0.4 is 0 Å². The van der Waals surface area contributed by atoms with Crippen molar-refractivity contribution in [3.63, 3.8) is 0 Å². The van der Waals surface area contributed by atoms with Gasteiger partial charge in [-0.3, -0.25) is 4.90 Å². The van der Waals surface area contributed by atoms with E-state index in [1.165, 1.54) is 6.07 Å². The van der Waals surface area contributed by atoms with Gasteiger partial charge in [-0.05, 0) is 25.1 Å². The molecule has 0 bridgehead atoms. The monoisotopic (exact) mass is 325 g/mol. The Labute approximate surface area is 118 Å². The summed E-state index contributed by atoms with van der Waals surface area (Å²) in [5.74, 6) is 1.45. The summed E-state index contributed by atoms with van der Waals surface area (Å²) in [6.45, 7) is 4.07. The number of rotatable bonds is 3. The number of aryl methyl sites for hydroxylation is 1. The summed E-state index contributed by atoms with van der Waals surface area (Å²) < 4.78 is 19.7. The van der Waals surface area contributed by atoms with Crippen molar-refractivity contribution in [2.45, 2.75) is 19.4 Å². The third kappa shape index (κ3) is 2.69. The highest BCUT2D eigenvalue weighted by Gasteiger charge is 2.32. The summed E-state index contributed by atoms with van der Waals surface area (Å²) in [4.78, 5) is 6.38. The molecule has 0 spiro atoms. The molecule has 1 aromatic carbocycles. The van der Waals surface area contributed by atoms with E-state index in [2.05, 4.69) is 31.0 Å². The third-order valence-electron chi connectivity index (χ3n) is 3.25. The molecule has 4 nitrogen and oxygen atoms in total. The van der Waals surface area contributed by atoms with Crippen molar-refractivity contribution in [1.29, 1.82) is 0 Å². The van der Waals surface area contributed by atoms with Crippen LogP contribution in [0.1, 0.15) is 23.2 Å². The number of hydrogen-bond donors (Lipinski definition) is 0. The van der Waals surface area contributed by atoms with Crippen LogP contribution in [0.2, 0.25) is 0 Å². The van der Waals surface area contributed by atoms with E-state index in [1.807, 2.05) is 6.07 Å². The van der Waals surface area contributed by atoms with E-state index in [-0.39, 0.29) is 11.7 Å². The average Bonchev–Trinajstić information content (AvgIpc) is 2.73. The number of likely N-dealkylation sites (tertiary alicyclic amines) is 1. The van der Waals surface area contributed by atoms with Crippen molar-refractivity contribution < 1.29 is 8.91 Å². The zero-order chi connectivity index (χ0) is 13.4. The lowest BCUT2D eigenvalue weighted by molar-refractivity contribution is 0.116. The predicted octanol–water partition coefficient (Wildman–Crippen LogP) is 2.88. The minimum atomic E-state index is -0.166. The van der Waals surface area contributed by atoms with Crippen LogP contribution in [0, 0.1) is 12.7 Å². The second-order valence-corrected chi connectivity index (χ2v) is 5.72. The van der Waals surface area contributed by atoms with Gasteiger partial charge in [-0.2, -0.15) is 4.98 Å². The molecule has 0 aliphatic carbocycles. The highest BCUT2D eigenvalue weighted by Crippen LogP contribution is 2.28. The zero-order valence-electron chi connectivity index (χ0n) is 10.4. The third-order valence-corrected chi connectivity index (χ3v) is 3.74. The van der Waals surface area contributed by atoms with Gasteiger partial charge in [0.2, 0.25) is 5.89 Å². The molecular weight excluding hydrogens is 313 g/mol. The van der Waals surface area contributed by atoms with Crippen LogP contribution in [0.3, 0.4) is 0 Å². The van der Waals surface area contributed by atoms with Gasteiger partial charge in [0.1, 0.15) is 5.82 Å². The van der Waals surface area contributed by atoms with Gasteiger partial charge in [-0.1, -0.05) is 21.1 Å². The molecular formula is C13H13BrFN3O. The quantitative estimate of drug-likeness (QED) is 0.870. The van der Waals surface area contributed by atoms with E-state index < -0.39 is 0 Å². The molecule has 1 aliphatic heterocycles. The molecule has 0 unspecified atom stereocenters. The van der Waals surface area contributed by atoms with Crippen molar-refractivity contribution in [3.8, 4) is 0 Å². The Morgan fingerprint density at radius 2 is 2.26 bits per heavy atom. The molecule has 0 amide bonds. The fourth-order valence-corrected chi connectivity index (χ4v) is 2.65. The van der Waals surface area contributed by atoms with Crippen molar-refractivity contribution in [2.24, 2.45) is 0 Å². The van der Waals surface area contributed by atoms with E-state index in [1.54, 1.807) is 13.0 Å². The zero-order valence-corrected chi connectivity index (χ0v) is 12.0. The SMILES string of the molecule is Cc1noc(C2CN(Cc3cc(Br)ccc3F)C2)n1. The van der Waals surface area contributed by atoms with Crippen LogP contribution in [0.4, 0.5) is 4.39 Å². The van der Waals surface area contributed by atoms with Gasteiger partial charge < -0.3 is 4.52 Å². The van der Waals surface area contributed by atoms with E-state index in [9.17, 15) is 4.39 Å². The molecule has 3 rings (SSSR count). The van der Waals surface area contributed by atoms with Crippen molar-refractivity contribution in [2.75, 3.05) is 13.1 Å². The summed E-state index contributed by atoms with van der Waals surface area (Å²) in [6, 6.07) is 5.01. The smallest absolute Gasteiger partial charge is 0.232 e. The predicted molar refractivity (Wildman–Crippen MR) is 71.2 cm³/mol. The number of hydrogen-bond acceptors (Lipinski definition) is 4. The van der Waals surface area contributed by atoms with Crippen molar-refractivity contribution in [1.82, 2.24) is 15.0 Å². The van der Waals surface area contributed by atoms with Crippen LogP contribution in [-0.2, 0) is 6.54 Å². The normalized spacial score (nSPS) is 16.6. The minimum Gasteiger partial charge on any atom is -0.339 e. The van der Waals surface area contributed by atoms with Crippen LogP contribution in [-0.4, -0.2) is 28.1 Å². The second kappa shape index (κ2) is 5.02. The van der Waals surface area contributed by atoms with Crippen molar-refractivity contribution >= 4 is 15.9 Å². The Kier molecular flexibility index (Phi) is 3.36. The molecule has 1 aliphatic rings. The average molecular weight is 326 g/mol. The van der Waals surface area contributed by atoms with E-state index in [0.717, 1.165) is 17.6 Å². The molecule has 1 aromatic heterocycles.